The van der Waals surface area contributed by atoms with Crippen molar-refractivity contribution < 1.29 is 9.18 Å². The highest BCUT2D eigenvalue weighted by molar-refractivity contribution is 7.99. The first kappa shape index (κ1) is 18.3. The van der Waals surface area contributed by atoms with Gasteiger partial charge in [-0.2, -0.15) is 4.68 Å². The molecular weight excluding hydrogens is 377 g/mol. The van der Waals surface area contributed by atoms with Gasteiger partial charge in [0.25, 0.3) is 0 Å². The van der Waals surface area contributed by atoms with Gasteiger partial charge >= 0.3 is 0 Å². The molecule has 0 aliphatic heterocycles. The van der Waals surface area contributed by atoms with Crippen molar-refractivity contribution in [1.82, 2.24) is 20.2 Å². The van der Waals surface area contributed by atoms with E-state index in [1.54, 1.807) is 13.0 Å². The Kier molecular flexibility index (Phi) is 5.85. The number of halogens is 2. The summed E-state index contributed by atoms with van der Waals surface area (Å²) in [5.41, 5.74) is 1.70. The SMILES string of the molecule is Cc1nnnn1-c1cc(NC(=O)CSCc2cccc(Cl)c2)ccc1F. The highest BCUT2D eigenvalue weighted by Crippen LogP contribution is 2.20. The number of carbonyl (C=O) groups is 1. The summed E-state index contributed by atoms with van der Waals surface area (Å²) in [5.74, 6) is 0.733. The molecule has 0 bridgehead atoms. The molecule has 0 saturated heterocycles. The minimum absolute atomic E-state index is 0.178. The van der Waals surface area contributed by atoms with E-state index in [0.29, 0.717) is 22.3 Å². The fourth-order valence-electron chi connectivity index (χ4n) is 2.29. The Morgan fingerprint density at radius 2 is 2.15 bits per heavy atom. The third kappa shape index (κ3) is 4.59. The maximum absolute atomic E-state index is 14.0. The number of thioether (sulfide) groups is 1. The van der Waals surface area contributed by atoms with Gasteiger partial charge in [0.1, 0.15) is 11.5 Å². The van der Waals surface area contributed by atoms with Crippen molar-refractivity contribution in [2.24, 2.45) is 0 Å². The molecule has 1 N–H and O–H groups in total. The topological polar surface area (TPSA) is 72.7 Å². The van der Waals surface area contributed by atoms with Gasteiger partial charge in [-0.1, -0.05) is 23.7 Å². The maximum atomic E-state index is 14.0. The number of hydrogen-bond donors (Lipinski definition) is 1. The van der Waals surface area contributed by atoms with E-state index in [1.165, 1.54) is 34.6 Å². The van der Waals surface area contributed by atoms with Crippen molar-refractivity contribution in [3.8, 4) is 5.69 Å². The summed E-state index contributed by atoms with van der Waals surface area (Å²) in [6.07, 6.45) is 0. The van der Waals surface area contributed by atoms with Crippen LogP contribution in [-0.2, 0) is 10.5 Å². The van der Waals surface area contributed by atoms with Crippen molar-refractivity contribution >= 4 is 35.0 Å². The van der Waals surface area contributed by atoms with E-state index in [1.807, 2.05) is 18.2 Å². The molecule has 0 unspecified atom stereocenters. The lowest BCUT2D eigenvalue weighted by molar-refractivity contribution is -0.113. The first-order valence-corrected chi connectivity index (χ1v) is 9.23. The molecule has 1 heterocycles. The highest BCUT2D eigenvalue weighted by atomic mass is 35.5. The Hall–Kier alpha value is -2.45. The number of hydrogen-bond acceptors (Lipinski definition) is 5. The van der Waals surface area contributed by atoms with Gasteiger partial charge in [0, 0.05) is 16.5 Å². The second-order valence-corrected chi connectivity index (χ2v) is 6.90. The van der Waals surface area contributed by atoms with E-state index in [9.17, 15) is 9.18 Å². The molecule has 2 aromatic carbocycles. The van der Waals surface area contributed by atoms with Gasteiger partial charge in [-0.3, -0.25) is 4.79 Å². The van der Waals surface area contributed by atoms with Crippen LogP contribution in [0.3, 0.4) is 0 Å². The summed E-state index contributed by atoms with van der Waals surface area (Å²) in [6, 6.07) is 11.8. The first-order valence-electron chi connectivity index (χ1n) is 7.70. The Morgan fingerprint density at radius 3 is 2.88 bits per heavy atom. The molecule has 0 radical (unpaired) electrons. The molecule has 1 aromatic heterocycles. The van der Waals surface area contributed by atoms with E-state index < -0.39 is 5.82 Å². The molecule has 0 atom stereocenters. The third-order valence-corrected chi connectivity index (χ3v) is 4.71. The number of nitrogens with one attached hydrogen (secondary N) is 1. The van der Waals surface area contributed by atoms with Crippen LogP contribution >= 0.6 is 23.4 Å². The molecule has 0 saturated carbocycles. The van der Waals surface area contributed by atoms with Crippen LogP contribution in [0.4, 0.5) is 10.1 Å². The van der Waals surface area contributed by atoms with Gasteiger partial charge in [-0.25, -0.2) is 4.39 Å². The van der Waals surface area contributed by atoms with E-state index in [0.717, 1.165) is 5.56 Å². The third-order valence-electron chi connectivity index (χ3n) is 3.47. The predicted octanol–water partition coefficient (Wildman–Crippen LogP) is 3.64. The van der Waals surface area contributed by atoms with Gasteiger partial charge in [-0.05, 0) is 53.2 Å². The van der Waals surface area contributed by atoms with Crippen molar-refractivity contribution in [3.63, 3.8) is 0 Å². The summed E-state index contributed by atoms with van der Waals surface area (Å²) in [6.45, 7) is 1.66. The Bertz CT molecular complexity index is 933. The molecular formula is C17H15ClFN5OS. The quantitative estimate of drug-likeness (QED) is 0.694. The molecule has 0 spiro atoms. The van der Waals surface area contributed by atoms with Crippen molar-refractivity contribution in [1.29, 1.82) is 0 Å². The number of anilines is 1. The maximum Gasteiger partial charge on any atom is 0.234 e. The second-order valence-electron chi connectivity index (χ2n) is 5.47. The van der Waals surface area contributed by atoms with Crippen molar-refractivity contribution in [3.05, 3.63) is 64.7 Å². The summed E-state index contributed by atoms with van der Waals surface area (Å²) in [5, 5.41) is 14.4. The molecule has 0 aliphatic carbocycles. The largest absolute Gasteiger partial charge is 0.325 e. The van der Waals surface area contributed by atoms with Crippen LogP contribution in [0.1, 0.15) is 11.4 Å². The van der Waals surface area contributed by atoms with Crippen molar-refractivity contribution in [2.75, 3.05) is 11.1 Å². The molecule has 26 heavy (non-hydrogen) atoms. The van der Waals surface area contributed by atoms with Crippen LogP contribution in [0.25, 0.3) is 5.69 Å². The Labute approximate surface area is 158 Å². The average Bonchev–Trinajstić information content (AvgIpc) is 3.02. The number of carbonyl (C=O) groups excluding carboxylic acids is 1. The number of amides is 1. The fraction of sp³-hybridized carbons (Fsp3) is 0.176. The highest BCUT2D eigenvalue weighted by Gasteiger charge is 2.12. The molecule has 134 valence electrons. The molecule has 1 amide bonds. The van der Waals surface area contributed by atoms with Crippen LogP contribution < -0.4 is 5.32 Å². The van der Waals surface area contributed by atoms with Gasteiger partial charge in [-0.15, -0.1) is 16.9 Å². The van der Waals surface area contributed by atoms with Crippen molar-refractivity contribution in [2.45, 2.75) is 12.7 Å². The van der Waals surface area contributed by atoms with Gasteiger partial charge < -0.3 is 5.32 Å². The molecule has 9 heteroatoms. The van der Waals surface area contributed by atoms with Crippen LogP contribution in [-0.4, -0.2) is 31.9 Å². The van der Waals surface area contributed by atoms with E-state index in [2.05, 4.69) is 20.8 Å². The molecule has 3 aromatic rings. The standard InChI is InChI=1S/C17H15ClFN5OS/c1-11-21-22-23-24(11)16-8-14(5-6-15(16)19)20-17(25)10-26-9-12-3-2-4-13(18)7-12/h2-8H,9-10H2,1H3,(H,20,25). The Morgan fingerprint density at radius 1 is 1.31 bits per heavy atom. The number of aryl methyl sites for hydroxylation is 1. The lowest BCUT2D eigenvalue weighted by atomic mass is 10.2. The predicted molar refractivity (Wildman–Crippen MR) is 100 cm³/mol. The molecule has 3 rings (SSSR count). The smallest absolute Gasteiger partial charge is 0.234 e. The lowest BCUT2D eigenvalue weighted by Gasteiger charge is -2.09. The molecule has 6 nitrogen and oxygen atoms in total. The number of benzene rings is 2. The average molecular weight is 392 g/mol. The fourth-order valence-corrected chi connectivity index (χ4v) is 3.28. The zero-order chi connectivity index (χ0) is 18.5. The molecule has 0 fully saturated rings. The zero-order valence-corrected chi connectivity index (χ0v) is 15.4. The monoisotopic (exact) mass is 391 g/mol. The minimum atomic E-state index is -0.478. The van der Waals surface area contributed by atoms with E-state index in [-0.39, 0.29) is 17.3 Å². The number of tetrazole rings is 1. The second kappa shape index (κ2) is 8.29. The zero-order valence-electron chi connectivity index (χ0n) is 13.8. The van der Waals surface area contributed by atoms with E-state index >= 15 is 0 Å². The number of aromatic nitrogens is 4. The number of rotatable bonds is 6. The normalized spacial score (nSPS) is 10.7. The number of nitrogens with zero attached hydrogens (tertiary/aromatic N) is 4. The summed E-state index contributed by atoms with van der Waals surface area (Å²) in [7, 11) is 0. The van der Waals surface area contributed by atoms with Gasteiger partial charge in [0.2, 0.25) is 5.91 Å². The van der Waals surface area contributed by atoms with Crippen LogP contribution in [0.5, 0.6) is 0 Å². The summed E-state index contributed by atoms with van der Waals surface area (Å²) in [4.78, 5) is 12.1. The minimum Gasteiger partial charge on any atom is -0.325 e. The first-order chi connectivity index (χ1) is 12.5. The lowest BCUT2D eigenvalue weighted by Crippen LogP contribution is -2.15. The van der Waals surface area contributed by atoms with Gasteiger partial charge in [0.15, 0.2) is 5.82 Å². The summed E-state index contributed by atoms with van der Waals surface area (Å²) < 4.78 is 15.3. The van der Waals surface area contributed by atoms with Crippen LogP contribution in [0, 0.1) is 12.7 Å². The van der Waals surface area contributed by atoms with Crippen LogP contribution in [0.15, 0.2) is 42.5 Å². The van der Waals surface area contributed by atoms with Crippen LogP contribution in [0.2, 0.25) is 5.02 Å². The van der Waals surface area contributed by atoms with E-state index in [4.69, 9.17) is 11.6 Å². The summed E-state index contributed by atoms with van der Waals surface area (Å²) >= 11 is 7.41. The Balaban J connectivity index is 1.60. The van der Waals surface area contributed by atoms with Gasteiger partial charge in [0.05, 0.1) is 5.75 Å². The molecule has 0 aliphatic rings.